The van der Waals surface area contributed by atoms with Gasteiger partial charge in [0.15, 0.2) is 18.0 Å². The van der Waals surface area contributed by atoms with E-state index in [9.17, 15) is 22.8 Å². The van der Waals surface area contributed by atoms with Crippen molar-refractivity contribution >= 4 is 23.2 Å². The molecule has 6 aromatic rings. The zero-order chi connectivity index (χ0) is 33.6. The van der Waals surface area contributed by atoms with Crippen LogP contribution in [0.3, 0.4) is 0 Å². The molecule has 0 bridgehead atoms. The molecular weight excluding hydrogens is 617 g/mol. The first-order chi connectivity index (χ1) is 22.6. The molecule has 0 saturated heterocycles. The quantitative estimate of drug-likeness (QED) is 0.164. The van der Waals surface area contributed by atoms with E-state index in [4.69, 9.17) is 14.2 Å². The number of ether oxygens (including phenoxy) is 4. The zero-order valence-corrected chi connectivity index (χ0v) is 25.5. The Labute approximate surface area is 266 Å². The Bertz CT molecular complexity index is 2000. The van der Waals surface area contributed by atoms with Crippen molar-refractivity contribution in [2.45, 2.75) is 13.1 Å². The van der Waals surface area contributed by atoms with E-state index in [0.717, 1.165) is 11.3 Å². The highest BCUT2D eigenvalue weighted by Gasteiger charge is 2.31. The van der Waals surface area contributed by atoms with Gasteiger partial charge in [0, 0.05) is 23.5 Å². The van der Waals surface area contributed by atoms with Crippen LogP contribution in [0.4, 0.5) is 13.2 Å². The fourth-order valence-electron chi connectivity index (χ4n) is 4.70. The number of rotatable bonds is 8. The predicted octanol–water partition coefficient (Wildman–Crippen LogP) is 6.92. The number of imidazole rings is 2. The van der Waals surface area contributed by atoms with Gasteiger partial charge in [-0.1, -0.05) is 12.1 Å². The van der Waals surface area contributed by atoms with Gasteiger partial charge in [0.05, 0.1) is 20.8 Å². The fraction of sp³-hybridized carbons (Fsp3) is 0.176. The number of methoxy groups -OCH3 is 2. The highest BCUT2D eigenvalue weighted by atomic mass is 19.4. The van der Waals surface area contributed by atoms with Gasteiger partial charge in [-0.3, -0.25) is 8.80 Å². The summed E-state index contributed by atoms with van der Waals surface area (Å²) >= 11 is 0. The largest absolute Gasteiger partial charge is 0.497 e. The summed E-state index contributed by atoms with van der Waals surface area (Å²) in [7, 11) is 3.13. The third kappa shape index (κ3) is 7.35. The Morgan fingerprint density at radius 1 is 0.660 bits per heavy atom. The number of hydrogen-bond acceptors (Lipinski definition) is 8. The molecule has 6 rings (SSSR count). The maximum absolute atomic E-state index is 12.4. The predicted molar refractivity (Wildman–Crippen MR) is 167 cm³/mol. The van der Waals surface area contributed by atoms with Gasteiger partial charge in [0.1, 0.15) is 34.2 Å². The second-order valence-corrected chi connectivity index (χ2v) is 9.84. The fourth-order valence-corrected chi connectivity index (χ4v) is 4.70. The number of fused-ring (bicyclic) bond motifs is 2. The summed E-state index contributed by atoms with van der Waals surface area (Å²) in [5, 5.41) is 0. The number of nitrogens with zero attached hydrogens (tertiary/aromatic N) is 4. The lowest BCUT2D eigenvalue weighted by atomic mass is 10.1. The van der Waals surface area contributed by atoms with Gasteiger partial charge in [-0.25, -0.2) is 19.6 Å². The van der Waals surface area contributed by atoms with Crippen LogP contribution in [0.2, 0.25) is 0 Å². The van der Waals surface area contributed by atoms with Crippen LogP contribution in [0.25, 0.3) is 33.8 Å². The molecule has 10 nitrogen and oxygen atoms in total. The van der Waals surface area contributed by atoms with Crippen LogP contribution in [0.5, 0.6) is 11.5 Å². The molecule has 13 heteroatoms. The molecule has 4 heterocycles. The van der Waals surface area contributed by atoms with E-state index < -0.39 is 18.8 Å². The zero-order valence-electron chi connectivity index (χ0n) is 25.5. The first-order valence-electron chi connectivity index (χ1n) is 14.3. The summed E-state index contributed by atoms with van der Waals surface area (Å²) in [5.74, 6) is -0.118. The Hall–Kier alpha value is -5.85. The molecule has 0 amide bonds. The second-order valence-electron chi connectivity index (χ2n) is 9.84. The SMILES string of the molecule is CCOC(=O)c1c(-c2ccc(OC)cc2)nc2ccccn12.COc1ccc(-c2nc3ccccn3c2C(=O)OCC(F)(F)F)cc1. The number of alkyl halides is 3. The van der Waals surface area contributed by atoms with Gasteiger partial charge in [-0.15, -0.1) is 0 Å². The molecule has 0 fully saturated rings. The molecular formula is C34H29F3N4O6. The standard InChI is InChI=1S/C17H13F3N2O3.C17H16N2O3/c1-24-12-7-5-11(6-8-12)14-15(16(23)25-10-17(18,19)20)22-9-3-2-4-13(22)21-14;1-3-22-17(20)16-15(12-7-9-13(21-2)10-8-12)18-14-6-4-5-11-19(14)16/h2-9H,10H2,1H3;4-11H,3H2,1-2H3. The van der Waals surface area contributed by atoms with Gasteiger partial charge in [0.2, 0.25) is 0 Å². The van der Waals surface area contributed by atoms with Crippen molar-refractivity contribution in [3.8, 4) is 34.0 Å². The van der Waals surface area contributed by atoms with Crippen LogP contribution in [0.15, 0.2) is 97.3 Å². The number of hydrogen-bond donors (Lipinski definition) is 0. The van der Waals surface area contributed by atoms with Crippen molar-refractivity contribution in [1.82, 2.24) is 18.8 Å². The number of aromatic nitrogens is 4. The summed E-state index contributed by atoms with van der Waals surface area (Å²) in [4.78, 5) is 33.5. The van der Waals surface area contributed by atoms with E-state index in [0.29, 0.717) is 40.6 Å². The molecule has 0 radical (unpaired) electrons. The summed E-state index contributed by atoms with van der Waals surface area (Å²) in [6.07, 6.45) is -1.25. The monoisotopic (exact) mass is 646 g/mol. The summed E-state index contributed by atoms with van der Waals surface area (Å²) in [5.41, 5.74) is 3.74. The maximum atomic E-state index is 12.4. The van der Waals surface area contributed by atoms with Crippen LogP contribution < -0.4 is 9.47 Å². The lowest BCUT2D eigenvalue weighted by molar-refractivity contribution is -0.161. The van der Waals surface area contributed by atoms with Gasteiger partial charge < -0.3 is 18.9 Å². The van der Waals surface area contributed by atoms with Crippen molar-refractivity contribution in [1.29, 1.82) is 0 Å². The van der Waals surface area contributed by atoms with E-state index in [1.807, 2.05) is 48.7 Å². The first-order valence-corrected chi connectivity index (χ1v) is 14.3. The van der Waals surface area contributed by atoms with E-state index in [1.54, 1.807) is 67.1 Å². The molecule has 0 N–H and O–H groups in total. The van der Waals surface area contributed by atoms with Gasteiger partial charge in [0.25, 0.3) is 0 Å². The molecule has 0 spiro atoms. The molecule has 0 aliphatic heterocycles. The lowest BCUT2D eigenvalue weighted by Gasteiger charge is -2.09. The number of benzene rings is 2. The Morgan fingerprint density at radius 3 is 1.47 bits per heavy atom. The topological polar surface area (TPSA) is 106 Å². The van der Waals surface area contributed by atoms with E-state index in [1.165, 1.54) is 11.5 Å². The van der Waals surface area contributed by atoms with Crippen LogP contribution in [0.1, 0.15) is 27.9 Å². The molecule has 0 unspecified atom stereocenters. The van der Waals surface area contributed by atoms with E-state index in [-0.39, 0.29) is 17.4 Å². The number of esters is 2. The number of pyridine rings is 2. The smallest absolute Gasteiger partial charge is 0.422 e. The second kappa shape index (κ2) is 14.1. The first kappa shape index (κ1) is 32.5. The maximum Gasteiger partial charge on any atom is 0.422 e. The van der Waals surface area contributed by atoms with Crippen LogP contribution in [0, 0.1) is 0 Å². The van der Waals surface area contributed by atoms with E-state index >= 15 is 0 Å². The lowest BCUT2D eigenvalue weighted by Crippen LogP contribution is -2.21. The number of carbonyl (C=O) groups is 2. The normalized spacial score (nSPS) is 11.1. The van der Waals surface area contributed by atoms with Gasteiger partial charge in [-0.2, -0.15) is 13.2 Å². The van der Waals surface area contributed by atoms with Gasteiger partial charge >= 0.3 is 18.1 Å². The highest BCUT2D eigenvalue weighted by Crippen LogP contribution is 2.29. The van der Waals surface area contributed by atoms with Crippen LogP contribution >= 0.6 is 0 Å². The minimum atomic E-state index is -4.60. The molecule has 0 aliphatic rings. The molecule has 4 aromatic heterocycles. The van der Waals surface area contributed by atoms with Crippen molar-refractivity contribution in [3.05, 3.63) is 109 Å². The minimum Gasteiger partial charge on any atom is -0.497 e. The molecule has 0 aliphatic carbocycles. The third-order valence-electron chi connectivity index (χ3n) is 6.82. The summed E-state index contributed by atoms with van der Waals surface area (Å²) in [6, 6.07) is 24.7. The molecule has 242 valence electrons. The minimum absolute atomic E-state index is 0.0648. The van der Waals surface area contributed by atoms with Crippen molar-refractivity contribution in [2.24, 2.45) is 0 Å². The average molecular weight is 647 g/mol. The molecule has 2 aromatic carbocycles. The Kier molecular flexibility index (Phi) is 9.74. The van der Waals surface area contributed by atoms with Crippen molar-refractivity contribution in [2.75, 3.05) is 27.4 Å². The Balaban J connectivity index is 0.000000186. The third-order valence-corrected chi connectivity index (χ3v) is 6.82. The number of carbonyl (C=O) groups excluding carboxylic acids is 2. The highest BCUT2D eigenvalue weighted by molar-refractivity contribution is 5.97. The van der Waals surface area contributed by atoms with Crippen molar-refractivity contribution in [3.63, 3.8) is 0 Å². The average Bonchev–Trinajstić information content (AvgIpc) is 3.67. The van der Waals surface area contributed by atoms with Crippen LogP contribution in [-0.4, -0.2) is 64.3 Å². The van der Waals surface area contributed by atoms with Gasteiger partial charge in [-0.05, 0) is 79.7 Å². The van der Waals surface area contributed by atoms with E-state index in [2.05, 4.69) is 14.7 Å². The number of halogens is 3. The Morgan fingerprint density at radius 2 is 1.09 bits per heavy atom. The van der Waals surface area contributed by atoms with Crippen molar-refractivity contribution < 1.29 is 41.7 Å². The van der Waals surface area contributed by atoms with Crippen LogP contribution in [-0.2, 0) is 9.47 Å². The molecule has 47 heavy (non-hydrogen) atoms. The summed E-state index contributed by atoms with van der Waals surface area (Å²) in [6.45, 7) is 0.448. The molecule has 0 atom stereocenters. The molecule has 0 saturated carbocycles. The summed E-state index contributed by atoms with van der Waals surface area (Å²) < 4.78 is 60.1.